The van der Waals surface area contributed by atoms with Gasteiger partial charge in [0, 0.05) is 56.1 Å². The van der Waals surface area contributed by atoms with Gasteiger partial charge in [-0.1, -0.05) is 18.8 Å². The number of pyridine rings is 1. The summed E-state index contributed by atoms with van der Waals surface area (Å²) in [5.74, 6) is 7.77. The third-order valence-corrected chi connectivity index (χ3v) is 7.36. The van der Waals surface area contributed by atoms with Crippen LogP contribution in [0.5, 0.6) is 11.6 Å². The van der Waals surface area contributed by atoms with E-state index in [2.05, 4.69) is 35.7 Å². The molecule has 1 amide bonds. The Labute approximate surface area is 225 Å². The fourth-order valence-corrected chi connectivity index (χ4v) is 4.96. The molecule has 0 saturated carbocycles. The molecule has 8 nitrogen and oxygen atoms in total. The molecule has 204 valence electrons. The van der Waals surface area contributed by atoms with Crippen LogP contribution in [0.1, 0.15) is 48.2 Å². The molecule has 1 aromatic heterocycles. The minimum absolute atomic E-state index is 0.0505. The Kier molecular flexibility index (Phi) is 9.62. The van der Waals surface area contributed by atoms with Gasteiger partial charge >= 0.3 is 0 Å². The van der Waals surface area contributed by atoms with Crippen LogP contribution in [0.2, 0.25) is 0 Å². The largest absolute Gasteiger partial charge is 0.497 e. The Balaban J connectivity index is 1.58. The normalized spacial score (nSPS) is 21.0. The molecule has 3 atom stereocenters. The van der Waals surface area contributed by atoms with E-state index in [1.165, 1.54) is 0 Å². The molecule has 2 aliphatic rings. The Morgan fingerprint density at radius 2 is 1.89 bits per heavy atom. The number of hydrogen-bond donors (Lipinski definition) is 1. The lowest BCUT2D eigenvalue weighted by atomic mass is 9.97. The molecule has 2 aliphatic heterocycles. The summed E-state index contributed by atoms with van der Waals surface area (Å²) < 4.78 is 17.1. The molecular weight excluding hydrogens is 482 g/mol. The Morgan fingerprint density at radius 1 is 1.18 bits per heavy atom. The Bertz CT molecular complexity index is 1140. The summed E-state index contributed by atoms with van der Waals surface area (Å²) in [6.45, 7) is 7.67. The minimum Gasteiger partial charge on any atom is -0.497 e. The van der Waals surface area contributed by atoms with Gasteiger partial charge in [0.05, 0.1) is 19.8 Å². The zero-order valence-electron chi connectivity index (χ0n) is 22.9. The molecule has 0 spiro atoms. The predicted molar refractivity (Wildman–Crippen MR) is 145 cm³/mol. The third-order valence-electron chi connectivity index (χ3n) is 7.36. The lowest BCUT2D eigenvalue weighted by molar-refractivity contribution is 0.0254. The average molecular weight is 522 g/mol. The van der Waals surface area contributed by atoms with E-state index >= 15 is 0 Å². The number of fused-ring (bicyclic) bond motifs is 1. The highest BCUT2D eigenvalue weighted by atomic mass is 16.5. The van der Waals surface area contributed by atoms with Gasteiger partial charge in [-0.3, -0.25) is 4.79 Å². The lowest BCUT2D eigenvalue weighted by Crippen LogP contribution is -2.50. The van der Waals surface area contributed by atoms with Crippen molar-refractivity contribution in [1.29, 1.82) is 0 Å². The van der Waals surface area contributed by atoms with Gasteiger partial charge in [-0.25, -0.2) is 4.98 Å². The summed E-state index contributed by atoms with van der Waals surface area (Å²) in [6.07, 6.45) is 3.64. The van der Waals surface area contributed by atoms with E-state index in [0.29, 0.717) is 36.0 Å². The first-order valence-electron chi connectivity index (χ1n) is 13.4. The number of nitrogens with zero attached hydrogens (tertiary/aromatic N) is 3. The summed E-state index contributed by atoms with van der Waals surface area (Å²) in [6, 6.07) is 8.90. The van der Waals surface area contributed by atoms with E-state index in [9.17, 15) is 9.90 Å². The maximum atomic E-state index is 13.6. The molecule has 1 aromatic carbocycles. The number of carbonyl (C=O) groups is 1. The van der Waals surface area contributed by atoms with Crippen molar-refractivity contribution in [2.24, 2.45) is 11.8 Å². The second-order valence-electron chi connectivity index (χ2n) is 10.5. The van der Waals surface area contributed by atoms with Crippen molar-refractivity contribution >= 4 is 5.91 Å². The van der Waals surface area contributed by atoms with Gasteiger partial charge in [0.2, 0.25) is 5.88 Å². The molecular formula is C30H39N3O5. The molecule has 8 heteroatoms. The number of hydrogen-bond acceptors (Lipinski definition) is 7. The van der Waals surface area contributed by atoms with Crippen LogP contribution in [0.4, 0.5) is 0 Å². The number of ether oxygens (including phenoxy) is 3. The average Bonchev–Trinajstić information content (AvgIpc) is 2.94. The fraction of sp³-hybridized carbons (Fsp3) is 0.533. The van der Waals surface area contributed by atoms with Gasteiger partial charge in [0.15, 0.2) is 0 Å². The van der Waals surface area contributed by atoms with Crippen molar-refractivity contribution in [1.82, 2.24) is 14.8 Å². The molecule has 0 aliphatic carbocycles. The SMILES string of the molecule is COc1ccc(C#Cc2cnc3c(c2)C(=O)N([C@@H](C)CO)C[C@H](C)[C@@H](CN(C)CC2CCOCC2)O3)cc1. The topological polar surface area (TPSA) is 84.4 Å². The first kappa shape index (κ1) is 27.9. The molecule has 0 unspecified atom stereocenters. The predicted octanol–water partition coefficient (Wildman–Crippen LogP) is 3.07. The number of likely N-dealkylation sites (N-methyl/N-ethyl adjacent to an activating group) is 1. The highest BCUT2D eigenvalue weighted by Crippen LogP contribution is 2.28. The summed E-state index contributed by atoms with van der Waals surface area (Å²) >= 11 is 0. The number of aromatic nitrogens is 1. The first-order valence-corrected chi connectivity index (χ1v) is 13.4. The van der Waals surface area contributed by atoms with E-state index < -0.39 is 0 Å². The van der Waals surface area contributed by atoms with Crippen LogP contribution in [-0.4, -0.2) is 91.6 Å². The quantitative estimate of drug-likeness (QED) is 0.561. The van der Waals surface area contributed by atoms with Crippen molar-refractivity contribution in [2.45, 2.75) is 38.8 Å². The van der Waals surface area contributed by atoms with Gasteiger partial charge in [-0.2, -0.15) is 0 Å². The number of methoxy groups -OCH3 is 1. The highest BCUT2D eigenvalue weighted by molar-refractivity contribution is 5.97. The molecule has 0 bridgehead atoms. The van der Waals surface area contributed by atoms with E-state index in [1.807, 2.05) is 31.2 Å². The van der Waals surface area contributed by atoms with Gasteiger partial charge in [-0.15, -0.1) is 0 Å². The zero-order valence-corrected chi connectivity index (χ0v) is 22.9. The highest BCUT2D eigenvalue weighted by Gasteiger charge is 2.34. The van der Waals surface area contributed by atoms with E-state index in [4.69, 9.17) is 14.2 Å². The third kappa shape index (κ3) is 7.04. The van der Waals surface area contributed by atoms with Crippen molar-refractivity contribution in [3.63, 3.8) is 0 Å². The number of aliphatic hydroxyl groups excluding tert-OH is 1. The van der Waals surface area contributed by atoms with E-state index in [0.717, 1.165) is 43.9 Å². The fourth-order valence-electron chi connectivity index (χ4n) is 4.96. The van der Waals surface area contributed by atoms with Crippen LogP contribution in [0, 0.1) is 23.7 Å². The minimum atomic E-state index is -0.328. The second-order valence-corrected chi connectivity index (χ2v) is 10.5. The summed E-state index contributed by atoms with van der Waals surface area (Å²) in [5, 5.41) is 9.91. The zero-order chi connectivity index (χ0) is 27.1. The van der Waals surface area contributed by atoms with Crippen LogP contribution in [-0.2, 0) is 4.74 Å². The number of rotatable bonds is 7. The maximum absolute atomic E-state index is 13.6. The standard InChI is InChI=1S/C30H39N3O5/c1-21-17-33(22(2)20-34)30(35)27-15-25(6-5-23-7-9-26(36-4)10-8-23)16-31-29(27)38-28(21)19-32(3)18-24-11-13-37-14-12-24/h7-10,15-16,21-22,24,28,34H,11-14,17-20H2,1-4H3/t21-,22-,28+/m0/s1. The Hall–Kier alpha value is -3.12. The molecule has 4 rings (SSSR count). The van der Waals surface area contributed by atoms with Gasteiger partial charge in [-0.05, 0) is 63.1 Å². The summed E-state index contributed by atoms with van der Waals surface area (Å²) in [7, 11) is 3.75. The molecule has 3 heterocycles. The van der Waals surface area contributed by atoms with E-state index in [1.54, 1.807) is 24.3 Å². The van der Waals surface area contributed by atoms with Crippen LogP contribution < -0.4 is 9.47 Å². The number of benzene rings is 1. The Morgan fingerprint density at radius 3 is 2.58 bits per heavy atom. The van der Waals surface area contributed by atoms with Crippen LogP contribution in [0.3, 0.4) is 0 Å². The molecule has 0 radical (unpaired) electrons. The number of aliphatic hydroxyl groups is 1. The van der Waals surface area contributed by atoms with Crippen molar-refractivity contribution in [3.8, 4) is 23.5 Å². The van der Waals surface area contributed by atoms with Crippen molar-refractivity contribution < 1.29 is 24.1 Å². The van der Waals surface area contributed by atoms with Crippen LogP contribution >= 0.6 is 0 Å². The van der Waals surface area contributed by atoms with Crippen LogP contribution in [0.15, 0.2) is 36.5 Å². The molecule has 1 fully saturated rings. The van der Waals surface area contributed by atoms with Crippen molar-refractivity contribution in [3.05, 3.63) is 53.2 Å². The number of carbonyl (C=O) groups excluding carboxylic acids is 1. The summed E-state index contributed by atoms with van der Waals surface area (Å²) in [5.41, 5.74) is 1.82. The molecule has 38 heavy (non-hydrogen) atoms. The van der Waals surface area contributed by atoms with Crippen molar-refractivity contribution in [2.75, 3.05) is 53.6 Å². The lowest BCUT2D eigenvalue weighted by Gasteiger charge is -2.38. The van der Waals surface area contributed by atoms with Gasteiger partial charge in [0.25, 0.3) is 5.91 Å². The summed E-state index contributed by atoms with van der Waals surface area (Å²) in [4.78, 5) is 22.2. The van der Waals surface area contributed by atoms with Gasteiger partial charge < -0.3 is 29.1 Å². The molecule has 1 N–H and O–H groups in total. The molecule has 1 saturated heterocycles. The van der Waals surface area contributed by atoms with E-state index in [-0.39, 0.29) is 30.6 Å². The number of amides is 1. The molecule has 2 aromatic rings. The smallest absolute Gasteiger partial charge is 0.259 e. The second kappa shape index (κ2) is 13.1. The van der Waals surface area contributed by atoms with Gasteiger partial charge in [0.1, 0.15) is 17.4 Å². The maximum Gasteiger partial charge on any atom is 0.259 e. The van der Waals surface area contributed by atoms with Crippen LogP contribution in [0.25, 0.3) is 0 Å². The monoisotopic (exact) mass is 521 g/mol. The first-order chi connectivity index (χ1) is 18.4.